The summed E-state index contributed by atoms with van der Waals surface area (Å²) in [5.41, 5.74) is 11.6. The van der Waals surface area contributed by atoms with Gasteiger partial charge in [0.25, 0.3) is 5.91 Å². The molecule has 0 aliphatic carbocycles. The summed E-state index contributed by atoms with van der Waals surface area (Å²) in [5.74, 6) is 0.545. The van der Waals surface area contributed by atoms with Crippen LogP contribution in [0.1, 0.15) is 29.2 Å². The molecule has 0 saturated carbocycles. The molecule has 3 aromatic rings. The Hall–Kier alpha value is -2.90. The third-order valence-corrected chi connectivity index (χ3v) is 5.63. The molecule has 0 radical (unpaired) electrons. The van der Waals surface area contributed by atoms with E-state index in [0.717, 1.165) is 16.9 Å². The van der Waals surface area contributed by atoms with Crippen molar-refractivity contribution >= 4 is 35.3 Å². The van der Waals surface area contributed by atoms with E-state index >= 15 is 0 Å². The molecule has 3 N–H and O–H groups in total. The molecular formula is C24H22Cl2N4O2. The zero-order chi connectivity index (χ0) is 22.3. The maximum absolute atomic E-state index is 12.5. The largest absolute Gasteiger partial charge is 0.489 e. The second-order valence-electron chi connectivity index (χ2n) is 7.38. The van der Waals surface area contributed by atoms with Gasteiger partial charge in [-0.25, -0.2) is 16.3 Å². The number of rotatable bonds is 7. The van der Waals surface area contributed by atoms with Crippen LogP contribution in [0.25, 0.3) is 0 Å². The van der Waals surface area contributed by atoms with Crippen molar-refractivity contribution in [2.75, 3.05) is 0 Å². The van der Waals surface area contributed by atoms with Gasteiger partial charge in [-0.15, -0.1) is 0 Å². The third-order valence-electron chi connectivity index (χ3n) is 5.07. The standard InChI is InChI=1S/C24H22Cl2N4O2/c25-19-10-9-18(21(26)12-19)14-27-30-24(31)23-13-22(28-29-23)17-7-4-8-20(11-17)32-15-16-5-2-1-3-6-16/h1-12,14,22-23,28-29H,13,15H2,(H,30,31)/b27-14+. The van der Waals surface area contributed by atoms with Crippen molar-refractivity contribution in [3.8, 4) is 5.75 Å². The van der Waals surface area contributed by atoms with Crippen LogP contribution < -0.4 is 21.0 Å². The molecule has 0 aromatic heterocycles. The van der Waals surface area contributed by atoms with Crippen LogP contribution in [0.3, 0.4) is 0 Å². The Bertz CT molecular complexity index is 1110. The number of benzene rings is 3. The molecule has 8 heteroatoms. The molecule has 0 spiro atoms. The second kappa shape index (κ2) is 10.6. The number of carbonyl (C=O) groups is 1. The van der Waals surface area contributed by atoms with Gasteiger partial charge in [0.2, 0.25) is 0 Å². The lowest BCUT2D eigenvalue weighted by Gasteiger charge is -2.12. The number of nitrogens with zero attached hydrogens (tertiary/aromatic N) is 1. The molecule has 2 atom stereocenters. The zero-order valence-electron chi connectivity index (χ0n) is 17.1. The quantitative estimate of drug-likeness (QED) is 0.349. The van der Waals surface area contributed by atoms with Crippen molar-refractivity contribution < 1.29 is 9.53 Å². The van der Waals surface area contributed by atoms with E-state index < -0.39 is 6.04 Å². The van der Waals surface area contributed by atoms with E-state index in [-0.39, 0.29) is 11.9 Å². The molecule has 1 heterocycles. The van der Waals surface area contributed by atoms with Crippen LogP contribution in [-0.4, -0.2) is 18.2 Å². The van der Waals surface area contributed by atoms with Crippen LogP contribution in [0.15, 0.2) is 77.9 Å². The van der Waals surface area contributed by atoms with Crippen molar-refractivity contribution in [2.24, 2.45) is 5.10 Å². The van der Waals surface area contributed by atoms with Crippen molar-refractivity contribution in [3.63, 3.8) is 0 Å². The summed E-state index contributed by atoms with van der Waals surface area (Å²) >= 11 is 12.0. The summed E-state index contributed by atoms with van der Waals surface area (Å²) in [4.78, 5) is 12.5. The van der Waals surface area contributed by atoms with Gasteiger partial charge in [-0.05, 0) is 41.8 Å². The van der Waals surface area contributed by atoms with Crippen LogP contribution in [0, 0.1) is 0 Å². The fraction of sp³-hybridized carbons (Fsp3) is 0.167. The molecular weight excluding hydrogens is 447 g/mol. The summed E-state index contributed by atoms with van der Waals surface area (Å²) in [7, 11) is 0. The maximum atomic E-state index is 12.5. The molecule has 1 aliphatic heterocycles. The number of hydrogen-bond donors (Lipinski definition) is 3. The first-order chi connectivity index (χ1) is 15.6. The topological polar surface area (TPSA) is 74.8 Å². The number of amides is 1. The smallest absolute Gasteiger partial charge is 0.258 e. The van der Waals surface area contributed by atoms with Gasteiger partial charge in [0, 0.05) is 16.6 Å². The highest BCUT2D eigenvalue weighted by Gasteiger charge is 2.30. The van der Waals surface area contributed by atoms with E-state index in [4.69, 9.17) is 27.9 Å². The predicted octanol–water partition coefficient (Wildman–Crippen LogP) is 4.63. The normalized spacial score (nSPS) is 18.1. The van der Waals surface area contributed by atoms with E-state index in [9.17, 15) is 4.79 Å². The number of halogens is 2. The molecule has 32 heavy (non-hydrogen) atoms. The minimum atomic E-state index is -0.424. The molecule has 1 fully saturated rings. The van der Waals surface area contributed by atoms with Crippen molar-refractivity contribution in [1.82, 2.24) is 16.3 Å². The fourth-order valence-electron chi connectivity index (χ4n) is 3.36. The Labute approximate surface area is 196 Å². The minimum Gasteiger partial charge on any atom is -0.489 e. The molecule has 1 aliphatic rings. The Morgan fingerprint density at radius 3 is 2.72 bits per heavy atom. The highest BCUT2D eigenvalue weighted by Crippen LogP contribution is 2.26. The third kappa shape index (κ3) is 5.87. The molecule has 0 bridgehead atoms. The monoisotopic (exact) mass is 468 g/mol. The van der Waals surface area contributed by atoms with E-state index in [0.29, 0.717) is 28.6 Å². The summed E-state index contributed by atoms with van der Waals surface area (Å²) in [6.45, 7) is 0.501. The number of hydrazine groups is 1. The van der Waals surface area contributed by atoms with Crippen LogP contribution in [-0.2, 0) is 11.4 Å². The first-order valence-electron chi connectivity index (χ1n) is 10.1. The van der Waals surface area contributed by atoms with E-state index in [1.54, 1.807) is 18.2 Å². The predicted molar refractivity (Wildman–Crippen MR) is 127 cm³/mol. The van der Waals surface area contributed by atoms with Gasteiger partial charge >= 0.3 is 0 Å². The summed E-state index contributed by atoms with van der Waals surface area (Å²) < 4.78 is 5.91. The lowest BCUT2D eigenvalue weighted by molar-refractivity contribution is -0.122. The first-order valence-corrected chi connectivity index (χ1v) is 10.9. The lowest BCUT2D eigenvalue weighted by Crippen LogP contribution is -2.41. The molecule has 2 unspecified atom stereocenters. The molecule has 1 saturated heterocycles. The van der Waals surface area contributed by atoms with Gasteiger partial charge in [0.15, 0.2) is 0 Å². The zero-order valence-corrected chi connectivity index (χ0v) is 18.6. The van der Waals surface area contributed by atoms with Gasteiger partial charge in [-0.1, -0.05) is 71.7 Å². The van der Waals surface area contributed by atoms with Crippen LogP contribution in [0.5, 0.6) is 5.75 Å². The van der Waals surface area contributed by atoms with Crippen molar-refractivity contribution in [2.45, 2.75) is 25.1 Å². The van der Waals surface area contributed by atoms with E-state index in [1.165, 1.54) is 6.21 Å². The SMILES string of the molecule is O=C(N/N=C/c1ccc(Cl)cc1Cl)C1CC(c2cccc(OCc3ccccc3)c2)NN1. The van der Waals surface area contributed by atoms with Gasteiger partial charge in [-0.2, -0.15) is 5.10 Å². The lowest BCUT2D eigenvalue weighted by atomic mass is 10.0. The number of carbonyl (C=O) groups excluding carboxylic acids is 1. The summed E-state index contributed by atoms with van der Waals surface area (Å²) in [6, 6.07) is 22.5. The Morgan fingerprint density at radius 1 is 1.06 bits per heavy atom. The van der Waals surface area contributed by atoms with E-state index in [2.05, 4.69) is 21.4 Å². The van der Waals surface area contributed by atoms with Gasteiger partial charge in [-0.3, -0.25) is 4.79 Å². The number of hydrogen-bond acceptors (Lipinski definition) is 5. The Morgan fingerprint density at radius 2 is 1.91 bits per heavy atom. The van der Waals surface area contributed by atoms with Crippen molar-refractivity contribution in [3.05, 3.63) is 99.5 Å². The Kier molecular flexibility index (Phi) is 7.39. The summed E-state index contributed by atoms with van der Waals surface area (Å²) in [5, 5.41) is 5.01. The van der Waals surface area contributed by atoms with Crippen LogP contribution >= 0.6 is 23.2 Å². The second-order valence-corrected chi connectivity index (χ2v) is 8.22. The van der Waals surface area contributed by atoms with Crippen LogP contribution in [0.2, 0.25) is 10.0 Å². The van der Waals surface area contributed by atoms with Crippen LogP contribution in [0.4, 0.5) is 0 Å². The van der Waals surface area contributed by atoms with Gasteiger partial charge in [0.1, 0.15) is 18.4 Å². The van der Waals surface area contributed by atoms with Gasteiger partial charge in [0.05, 0.1) is 11.2 Å². The molecule has 1 amide bonds. The highest BCUT2D eigenvalue weighted by atomic mass is 35.5. The fourth-order valence-corrected chi connectivity index (χ4v) is 3.82. The van der Waals surface area contributed by atoms with Crippen molar-refractivity contribution in [1.29, 1.82) is 0 Å². The molecule has 4 rings (SSSR count). The van der Waals surface area contributed by atoms with E-state index in [1.807, 2.05) is 54.6 Å². The average molecular weight is 469 g/mol. The highest BCUT2D eigenvalue weighted by molar-refractivity contribution is 6.36. The first kappa shape index (κ1) is 22.3. The Balaban J connectivity index is 1.31. The van der Waals surface area contributed by atoms with Gasteiger partial charge < -0.3 is 4.74 Å². The minimum absolute atomic E-state index is 0.0271. The molecule has 164 valence electrons. The number of nitrogens with one attached hydrogen (secondary N) is 3. The average Bonchev–Trinajstić information content (AvgIpc) is 3.31. The molecule has 6 nitrogen and oxygen atoms in total. The summed E-state index contributed by atoms with van der Waals surface area (Å²) in [6.07, 6.45) is 2.06. The number of ether oxygens (including phenoxy) is 1. The number of hydrazone groups is 1. The maximum Gasteiger partial charge on any atom is 0.258 e. The molecule has 3 aromatic carbocycles.